The SMILES string of the molecule is C[C@@H]1NC(=O)C(CO)NC(=O)[C@@H](N)CS[C@](C)(C(=O)O)NC(=O)[C@H](CC(N)=O)NC1=O. The first-order chi connectivity index (χ1) is 14.3. The number of primary amides is 1. The number of hydrogen-bond donors (Lipinski definition) is 8. The summed E-state index contributed by atoms with van der Waals surface area (Å²) in [6.45, 7) is 1.58. The highest BCUT2D eigenvalue weighted by Crippen LogP contribution is 2.23. The van der Waals surface area contributed by atoms with E-state index in [1.165, 1.54) is 6.92 Å². The average Bonchev–Trinajstić information content (AvgIpc) is 2.67. The molecule has 0 saturated carbocycles. The second-order valence-electron chi connectivity index (χ2n) is 6.95. The monoisotopic (exact) mass is 462 g/mol. The number of carboxylic acid groups (broad SMARTS) is 1. The van der Waals surface area contributed by atoms with Gasteiger partial charge in [-0.05, 0) is 13.8 Å². The van der Waals surface area contributed by atoms with E-state index in [0.717, 1.165) is 6.92 Å². The van der Waals surface area contributed by atoms with E-state index in [-0.39, 0.29) is 5.75 Å². The molecule has 0 aromatic heterocycles. The van der Waals surface area contributed by atoms with E-state index in [2.05, 4.69) is 21.3 Å². The standard InChI is InChI=1S/C16H26N6O8S/c1-6-11(25)20-8(3-10(18)24)14(28)22-16(2,15(29)30)31-5-7(17)12(26)21-9(4-23)13(27)19-6/h6-9,23H,3-5,17H2,1-2H3,(H2,18,24)(H,19,27)(H,20,25)(H,21,26)(H,22,28)(H,29,30)/t6-,7-,8-,9?,16+/m0/s1. The van der Waals surface area contributed by atoms with Gasteiger partial charge < -0.3 is 42.9 Å². The molecular formula is C16H26N6O8S. The van der Waals surface area contributed by atoms with Gasteiger partial charge in [0, 0.05) is 5.75 Å². The summed E-state index contributed by atoms with van der Waals surface area (Å²) in [4.78, 5) is 70.6. The van der Waals surface area contributed by atoms with Gasteiger partial charge in [-0.1, -0.05) is 0 Å². The van der Waals surface area contributed by atoms with E-state index in [1.807, 2.05) is 0 Å². The second-order valence-corrected chi connectivity index (χ2v) is 8.39. The Kier molecular flexibility index (Phi) is 9.20. The first-order valence-electron chi connectivity index (χ1n) is 9.06. The molecule has 15 heteroatoms. The van der Waals surface area contributed by atoms with Crippen LogP contribution in [0.1, 0.15) is 20.3 Å². The fourth-order valence-electron chi connectivity index (χ4n) is 2.37. The maximum atomic E-state index is 12.6. The summed E-state index contributed by atoms with van der Waals surface area (Å²) in [6, 6.07) is -5.52. The van der Waals surface area contributed by atoms with Crippen LogP contribution in [0.2, 0.25) is 0 Å². The average molecular weight is 462 g/mol. The highest BCUT2D eigenvalue weighted by Gasteiger charge is 2.39. The Bertz CT molecular complexity index is 764. The van der Waals surface area contributed by atoms with Crippen LogP contribution in [0.3, 0.4) is 0 Å². The Labute approximate surface area is 181 Å². The molecule has 14 nitrogen and oxygen atoms in total. The van der Waals surface area contributed by atoms with Crippen LogP contribution in [0.25, 0.3) is 0 Å². The van der Waals surface area contributed by atoms with E-state index in [0.29, 0.717) is 11.8 Å². The summed E-state index contributed by atoms with van der Waals surface area (Å²) in [7, 11) is 0. The quantitative estimate of drug-likeness (QED) is 0.198. The number of thioether (sulfide) groups is 1. The van der Waals surface area contributed by atoms with E-state index in [1.54, 1.807) is 0 Å². The van der Waals surface area contributed by atoms with Crippen molar-refractivity contribution in [1.82, 2.24) is 21.3 Å². The van der Waals surface area contributed by atoms with Gasteiger partial charge in [-0.3, -0.25) is 24.0 Å². The molecule has 1 fully saturated rings. The first kappa shape index (κ1) is 26.1. The van der Waals surface area contributed by atoms with Crippen molar-refractivity contribution < 1.29 is 39.0 Å². The summed E-state index contributed by atoms with van der Waals surface area (Å²) in [5, 5.41) is 27.8. The number of carboxylic acids is 1. The van der Waals surface area contributed by atoms with Crippen LogP contribution in [-0.4, -0.2) is 87.1 Å². The smallest absolute Gasteiger partial charge is 0.339 e. The molecule has 0 aromatic rings. The Morgan fingerprint density at radius 1 is 1.06 bits per heavy atom. The summed E-state index contributed by atoms with van der Waals surface area (Å²) < 4.78 is 0. The number of nitrogens with one attached hydrogen (secondary N) is 4. The van der Waals surface area contributed by atoms with Crippen molar-refractivity contribution in [3.8, 4) is 0 Å². The Morgan fingerprint density at radius 3 is 2.16 bits per heavy atom. The number of amides is 5. The zero-order valence-electron chi connectivity index (χ0n) is 16.8. The number of carbonyl (C=O) groups is 6. The summed E-state index contributed by atoms with van der Waals surface area (Å²) in [6.07, 6.45) is -0.641. The topological polar surface area (TPSA) is 243 Å². The minimum atomic E-state index is -1.98. The number of nitrogens with two attached hydrogens (primary N) is 2. The van der Waals surface area contributed by atoms with Crippen molar-refractivity contribution in [2.75, 3.05) is 12.4 Å². The molecule has 1 aliphatic heterocycles. The van der Waals surface area contributed by atoms with Crippen LogP contribution in [0.4, 0.5) is 0 Å². The number of aliphatic hydroxyl groups excluding tert-OH is 1. The molecule has 174 valence electrons. The lowest BCUT2D eigenvalue weighted by Gasteiger charge is -2.29. The second kappa shape index (κ2) is 10.9. The van der Waals surface area contributed by atoms with Gasteiger partial charge >= 0.3 is 5.97 Å². The molecule has 1 aliphatic rings. The molecule has 1 saturated heterocycles. The molecule has 0 aliphatic carbocycles. The lowest BCUT2D eigenvalue weighted by molar-refractivity contribution is -0.143. The molecule has 0 spiro atoms. The van der Waals surface area contributed by atoms with Crippen molar-refractivity contribution in [2.45, 2.75) is 49.3 Å². The zero-order valence-corrected chi connectivity index (χ0v) is 17.7. The van der Waals surface area contributed by atoms with Crippen LogP contribution in [-0.2, 0) is 28.8 Å². The van der Waals surface area contributed by atoms with E-state index >= 15 is 0 Å². The van der Waals surface area contributed by atoms with Gasteiger partial charge in [0.05, 0.1) is 19.1 Å². The van der Waals surface area contributed by atoms with Gasteiger partial charge in [0.2, 0.25) is 29.5 Å². The molecule has 31 heavy (non-hydrogen) atoms. The highest BCUT2D eigenvalue weighted by molar-refractivity contribution is 8.01. The molecule has 5 amide bonds. The number of aliphatic hydroxyl groups is 1. The third-order valence-electron chi connectivity index (χ3n) is 4.26. The molecule has 0 bridgehead atoms. The lowest BCUT2D eigenvalue weighted by Crippen LogP contribution is -2.59. The number of rotatable bonds is 4. The van der Waals surface area contributed by atoms with Gasteiger partial charge in [0.25, 0.3) is 0 Å². The van der Waals surface area contributed by atoms with Crippen LogP contribution >= 0.6 is 11.8 Å². The molecule has 10 N–H and O–H groups in total. The zero-order chi connectivity index (χ0) is 23.9. The Balaban J connectivity index is 3.31. The minimum absolute atomic E-state index is 0.294. The maximum Gasteiger partial charge on any atom is 0.339 e. The van der Waals surface area contributed by atoms with Crippen molar-refractivity contribution in [3.05, 3.63) is 0 Å². The Morgan fingerprint density at radius 2 is 1.65 bits per heavy atom. The van der Waals surface area contributed by atoms with Gasteiger partial charge in [-0.25, -0.2) is 4.79 Å². The Hall–Kier alpha value is -2.91. The molecule has 5 atom stereocenters. The van der Waals surface area contributed by atoms with Crippen LogP contribution < -0.4 is 32.7 Å². The van der Waals surface area contributed by atoms with Crippen LogP contribution in [0.5, 0.6) is 0 Å². The fraction of sp³-hybridized carbons (Fsp3) is 0.625. The predicted octanol–water partition coefficient (Wildman–Crippen LogP) is -4.68. The molecule has 0 aromatic carbocycles. The van der Waals surface area contributed by atoms with E-state index < -0.39 is 77.6 Å². The first-order valence-corrected chi connectivity index (χ1v) is 10.0. The minimum Gasteiger partial charge on any atom is -0.479 e. The highest BCUT2D eigenvalue weighted by atomic mass is 32.2. The van der Waals surface area contributed by atoms with E-state index in [4.69, 9.17) is 11.5 Å². The van der Waals surface area contributed by atoms with Gasteiger partial charge in [-0.15, -0.1) is 11.8 Å². The summed E-state index contributed by atoms with van der Waals surface area (Å²) in [5.41, 5.74) is 10.9. The summed E-state index contributed by atoms with van der Waals surface area (Å²) in [5.74, 6) is -6.41. The van der Waals surface area contributed by atoms with Crippen molar-refractivity contribution in [2.24, 2.45) is 11.5 Å². The lowest BCUT2D eigenvalue weighted by atomic mass is 10.1. The van der Waals surface area contributed by atoms with Crippen molar-refractivity contribution in [3.63, 3.8) is 0 Å². The maximum absolute atomic E-state index is 12.6. The fourth-order valence-corrected chi connectivity index (χ4v) is 3.33. The summed E-state index contributed by atoms with van der Waals surface area (Å²) >= 11 is 0.602. The van der Waals surface area contributed by atoms with Gasteiger partial charge in [0.15, 0.2) is 4.87 Å². The van der Waals surface area contributed by atoms with E-state index in [9.17, 15) is 39.0 Å². The van der Waals surface area contributed by atoms with Crippen molar-refractivity contribution in [1.29, 1.82) is 0 Å². The van der Waals surface area contributed by atoms with Crippen LogP contribution in [0.15, 0.2) is 0 Å². The predicted molar refractivity (Wildman–Crippen MR) is 107 cm³/mol. The molecule has 1 unspecified atom stereocenters. The van der Waals surface area contributed by atoms with Crippen LogP contribution in [0, 0.1) is 0 Å². The number of carbonyl (C=O) groups excluding carboxylic acids is 5. The van der Waals surface area contributed by atoms with Gasteiger partial charge in [0.1, 0.15) is 18.1 Å². The molecule has 1 rings (SSSR count). The molecule has 0 radical (unpaired) electrons. The normalized spacial score (nSPS) is 31.2. The van der Waals surface area contributed by atoms with Crippen molar-refractivity contribution >= 4 is 47.3 Å². The molecular weight excluding hydrogens is 436 g/mol. The number of aliphatic carboxylic acids is 1. The molecule has 1 heterocycles. The van der Waals surface area contributed by atoms with Gasteiger partial charge in [-0.2, -0.15) is 0 Å². The third kappa shape index (κ3) is 7.37. The largest absolute Gasteiger partial charge is 0.479 e. The third-order valence-corrected chi connectivity index (χ3v) is 5.64. The number of hydrogen-bond acceptors (Lipinski definition) is 9.